The molecule has 1 aliphatic rings. The summed E-state index contributed by atoms with van der Waals surface area (Å²) < 4.78 is 5.15. The lowest BCUT2D eigenvalue weighted by atomic mass is 9.67. The number of carbonyl (C=O) groups is 1. The highest BCUT2D eigenvalue weighted by Gasteiger charge is 2.46. The molecule has 0 aromatic heterocycles. The van der Waals surface area contributed by atoms with Crippen molar-refractivity contribution in [2.75, 3.05) is 0 Å². The molecule has 1 N–H and O–H groups in total. The maximum Gasteiger partial charge on any atom is 0.298 e. The van der Waals surface area contributed by atoms with E-state index >= 15 is 0 Å². The summed E-state index contributed by atoms with van der Waals surface area (Å²) in [6.45, 7) is 4.33. The van der Waals surface area contributed by atoms with Crippen LogP contribution in [0.1, 0.15) is 33.4 Å². The molecule has 0 fully saturated rings. The molecule has 1 aliphatic carbocycles. The Morgan fingerprint density at radius 3 is 1.84 bits per heavy atom. The maximum absolute atomic E-state index is 10.9. The third-order valence-corrected chi connectivity index (χ3v) is 6.37. The molecule has 4 aromatic carbocycles. The minimum Gasteiger partial charge on any atom is -0.508 e. The van der Waals surface area contributed by atoms with Crippen molar-refractivity contribution in [2.45, 2.75) is 19.3 Å². The summed E-state index contributed by atoms with van der Waals surface area (Å²) in [5.41, 5.74) is 8.15. The second kappa shape index (κ2) is 7.13. The number of rotatable bonds is 4. The van der Waals surface area contributed by atoms with Crippen molar-refractivity contribution in [1.29, 1.82) is 0 Å². The van der Waals surface area contributed by atoms with E-state index in [4.69, 9.17) is 4.74 Å². The van der Waals surface area contributed by atoms with E-state index < -0.39 is 5.41 Å². The molecular weight excluding hydrogens is 384 g/mol. The Morgan fingerprint density at radius 2 is 1.29 bits per heavy atom. The number of aromatic hydroxyl groups is 1. The summed E-state index contributed by atoms with van der Waals surface area (Å²) in [4.78, 5) is 10.9. The molecule has 0 saturated heterocycles. The molecule has 0 radical (unpaired) electrons. The first-order chi connectivity index (χ1) is 15.1. The lowest BCUT2D eigenvalue weighted by Crippen LogP contribution is -2.28. The number of hydrogen-bond acceptors (Lipinski definition) is 3. The average molecular weight is 406 g/mol. The van der Waals surface area contributed by atoms with E-state index in [0.29, 0.717) is 12.2 Å². The van der Waals surface area contributed by atoms with Gasteiger partial charge >= 0.3 is 0 Å². The number of fused-ring (bicyclic) bond motifs is 3. The Balaban J connectivity index is 1.91. The van der Waals surface area contributed by atoms with Crippen molar-refractivity contribution in [3.8, 4) is 22.6 Å². The number of hydrogen-bond donors (Lipinski definition) is 1. The van der Waals surface area contributed by atoms with Crippen molar-refractivity contribution in [3.63, 3.8) is 0 Å². The fourth-order valence-corrected chi connectivity index (χ4v) is 4.98. The number of carbonyl (C=O) groups excluding carboxylic acids is 1. The van der Waals surface area contributed by atoms with E-state index in [1.165, 1.54) is 22.3 Å². The number of ether oxygens (including phenoxy) is 1. The summed E-state index contributed by atoms with van der Waals surface area (Å²) >= 11 is 0. The standard InChI is InChI=1S/C28H22O3/c1-18-15-20(11-13-26(18)30)28(21-12-14-27(31-17-29)19(2)16-21)24-9-5-3-7-22(24)23-8-4-6-10-25(23)28/h3-17,30H,1-2H3. The topological polar surface area (TPSA) is 46.5 Å². The highest BCUT2D eigenvalue weighted by molar-refractivity contribution is 5.86. The first kappa shape index (κ1) is 19.1. The van der Waals surface area contributed by atoms with Gasteiger partial charge in [-0.3, -0.25) is 4.79 Å². The summed E-state index contributed by atoms with van der Waals surface area (Å²) in [6, 6.07) is 28.8. The van der Waals surface area contributed by atoms with Gasteiger partial charge in [0.25, 0.3) is 6.47 Å². The van der Waals surface area contributed by atoms with Gasteiger partial charge in [0.1, 0.15) is 11.5 Å². The number of aryl methyl sites for hydroxylation is 2. The van der Waals surface area contributed by atoms with E-state index in [1.54, 1.807) is 6.07 Å². The number of phenolic OH excluding ortho intramolecular Hbond substituents is 1. The predicted octanol–water partition coefficient (Wildman–Crippen LogP) is 5.91. The highest BCUT2D eigenvalue weighted by atomic mass is 16.5. The van der Waals surface area contributed by atoms with Crippen molar-refractivity contribution in [3.05, 3.63) is 118 Å². The summed E-state index contributed by atoms with van der Waals surface area (Å²) in [7, 11) is 0. The van der Waals surface area contributed by atoms with Crippen LogP contribution in [0.25, 0.3) is 11.1 Å². The molecule has 0 atom stereocenters. The summed E-state index contributed by atoms with van der Waals surface area (Å²) in [5.74, 6) is 0.833. The van der Waals surface area contributed by atoms with Gasteiger partial charge in [0.05, 0.1) is 5.41 Å². The van der Waals surface area contributed by atoms with Crippen molar-refractivity contribution in [2.24, 2.45) is 0 Å². The van der Waals surface area contributed by atoms with Gasteiger partial charge in [0.15, 0.2) is 0 Å². The second-order valence-electron chi connectivity index (χ2n) is 8.04. The van der Waals surface area contributed by atoms with Gasteiger partial charge < -0.3 is 9.84 Å². The molecule has 3 nitrogen and oxygen atoms in total. The van der Waals surface area contributed by atoms with Crippen molar-refractivity contribution < 1.29 is 14.6 Å². The Bertz CT molecular complexity index is 1270. The normalized spacial score (nSPS) is 13.4. The molecule has 0 aliphatic heterocycles. The van der Waals surface area contributed by atoms with Gasteiger partial charge in [0.2, 0.25) is 0 Å². The first-order valence-electron chi connectivity index (χ1n) is 10.3. The molecule has 3 heteroatoms. The summed E-state index contributed by atoms with van der Waals surface area (Å²) in [5, 5.41) is 10.2. The summed E-state index contributed by atoms with van der Waals surface area (Å²) in [6.07, 6.45) is 0. The van der Waals surface area contributed by atoms with E-state index in [9.17, 15) is 9.90 Å². The van der Waals surface area contributed by atoms with Crippen LogP contribution in [0, 0.1) is 13.8 Å². The van der Waals surface area contributed by atoms with Crippen LogP contribution < -0.4 is 4.74 Å². The van der Waals surface area contributed by atoms with Crippen molar-refractivity contribution >= 4 is 6.47 Å². The first-order valence-corrected chi connectivity index (χ1v) is 10.3. The zero-order valence-corrected chi connectivity index (χ0v) is 17.4. The highest BCUT2D eigenvalue weighted by Crippen LogP contribution is 2.56. The Kier molecular flexibility index (Phi) is 4.40. The largest absolute Gasteiger partial charge is 0.508 e. The molecule has 0 unspecified atom stereocenters. The fraction of sp³-hybridized carbons (Fsp3) is 0.107. The minimum atomic E-state index is -0.546. The molecule has 0 heterocycles. The van der Waals surface area contributed by atoms with Gasteiger partial charge in [-0.2, -0.15) is 0 Å². The van der Waals surface area contributed by atoms with E-state index in [0.717, 1.165) is 22.3 Å². The van der Waals surface area contributed by atoms with E-state index in [2.05, 4.69) is 60.7 Å². The average Bonchev–Trinajstić information content (AvgIpc) is 3.09. The molecular formula is C28H22O3. The molecule has 31 heavy (non-hydrogen) atoms. The zero-order valence-electron chi connectivity index (χ0n) is 17.4. The Labute approximate surface area is 181 Å². The third-order valence-electron chi connectivity index (χ3n) is 6.37. The molecule has 0 amide bonds. The lowest BCUT2D eigenvalue weighted by Gasteiger charge is -2.34. The van der Waals surface area contributed by atoms with Crippen LogP contribution in [0.15, 0.2) is 84.9 Å². The molecule has 5 rings (SSSR count). The molecule has 0 saturated carbocycles. The van der Waals surface area contributed by atoms with Crippen LogP contribution in [0.3, 0.4) is 0 Å². The van der Waals surface area contributed by atoms with E-state index in [1.807, 2.05) is 32.0 Å². The van der Waals surface area contributed by atoms with Crippen LogP contribution in [0.5, 0.6) is 11.5 Å². The zero-order chi connectivity index (χ0) is 21.6. The van der Waals surface area contributed by atoms with Gasteiger partial charge in [0, 0.05) is 0 Å². The predicted molar refractivity (Wildman–Crippen MR) is 122 cm³/mol. The second-order valence-corrected chi connectivity index (χ2v) is 8.04. The Morgan fingerprint density at radius 1 is 0.742 bits per heavy atom. The van der Waals surface area contributed by atoms with Crippen molar-refractivity contribution in [1.82, 2.24) is 0 Å². The maximum atomic E-state index is 10.9. The number of benzene rings is 4. The van der Waals surface area contributed by atoms with Gasteiger partial charge in [-0.25, -0.2) is 0 Å². The molecule has 152 valence electrons. The monoisotopic (exact) mass is 406 g/mol. The van der Waals surface area contributed by atoms with Gasteiger partial charge in [-0.05, 0) is 70.5 Å². The number of phenols is 1. The van der Waals surface area contributed by atoms with E-state index in [-0.39, 0.29) is 5.75 Å². The third kappa shape index (κ3) is 2.70. The van der Waals surface area contributed by atoms with Gasteiger partial charge in [-0.15, -0.1) is 0 Å². The fourth-order valence-electron chi connectivity index (χ4n) is 4.98. The lowest BCUT2D eigenvalue weighted by molar-refractivity contribution is -0.120. The SMILES string of the molecule is Cc1cc(C2(c3ccc(OC=O)c(C)c3)c3ccccc3-c3ccccc32)ccc1O. The molecule has 0 spiro atoms. The van der Waals surface area contributed by atoms with Crippen LogP contribution in [0.2, 0.25) is 0 Å². The quantitative estimate of drug-likeness (QED) is 0.378. The molecule has 4 aromatic rings. The van der Waals surface area contributed by atoms with Crippen LogP contribution in [-0.2, 0) is 10.2 Å². The smallest absolute Gasteiger partial charge is 0.298 e. The molecule has 0 bridgehead atoms. The van der Waals surface area contributed by atoms with Crippen LogP contribution in [0.4, 0.5) is 0 Å². The Hall–Kier alpha value is -3.85. The van der Waals surface area contributed by atoms with Crippen LogP contribution >= 0.6 is 0 Å². The van der Waals surface area contributed by atoms with Gasteiger partial charge in [-0.1, -0.05) is 72.8 Å². The minimum absolute atomic E-state index is 0.282. The van der Waals surface area contributed by atoms with Crippen LogP contribution in [-0.4, -0.2) is 11.6 Å².